The van der Waals surface area contributed by atoms with Crippen LogP contribution in [-0.2, 0) is 11.4 Å². The van der Waals surface area contributed by atoms with E-state index in [0.717, 1.165) is 27.9 Å². The number of nitrogens with one attached hydrogen (secondary N) is 1. The summed E-state index contributed by atoms with van der Waals surface area (Å²) >= 11 is 0. The van der Waals surface area contributed by atoms with Crippen LogP contribution in [0.3, 0.4) is 0 Å². The highest BCUT2D eigenvalue weighted by atomic mass is 16.5. The Morgan fingerprint density at radius 2 is 1.75 bits per heavy atom. The maximum absolute atomic E-state index is 12.6. The van der Waals surface area contributed by atoms with Crippen LogP contribution in [0.15, 0.2) is 72.8 Å². The summed E-state index contributed by atoms with van der Waals surface area (Å²) in [6.07, 6.45) is 3.33. The molecule has 4 nitrogen and oxygen atoms in total. The van der Waals surface area contributed by atoms with Crippen molar-refractivity contribution in [2.75, 3.05) is 11.9 Å². The Balaban J connectivity index is 1.71. The average Bonchev–Trinajstić information content (AvgIpc) is 2.79. The first kappa shape index (κ1) is 23.1. The number of para-hydroxylation sites is 1. The van der Waals surface area contributed by atoms with E-state index >= 15 is 0 Å². The Kier molecular flexibility index (Phi) is 8.09. The second-order valence-electron chi connectivity index (χ2n) is 7.93. The van der Waals surface area contributed by atoms with E-state index in [9.17, 15) is 4.79 Å². The Morgan fingerprint density at radius 3 is 2.47 bits per heavy atom. The van der Waals surface area contributed by atoms with E-state index in [-0.39, 0.29) is 5.91 Å². The van der Waals surface area contributed by atoms with Crippen LogP contribution in [0.25, 0.3) is 6.08 Å². The molecule has 0 fully saturated rings. The molecule has 0 aromatic heterocycles. The summed E-state index contributed by atoms with van der Waals surface area (Å²) in [4.78, 5) is 12.6. The van der Waals surface area contributed by atoms with Gasteiger partial charge >= 0.3 is 0 Å². The summed E-state index contributed by atoms with van der Waals surface area (Å²) < 4.78 is 11.7. The standard InChI is InChI=1S/C28H31NO3/c1-5-31-26-18-22(14-16-25(26)32-19-23-11-7-6-8-12-23)15-17-27(30)29-28-21(4)10-9-13-24(28)20(2)3/h6-18,20H,5,19H2,1-4H3,(H,29,30). The van der Waals surface area contributed by atoms with E-state index in [0.29, 0.717) is 30.6 Å². The molecule has 0 radical (unpaired) electrons. The number of hydrogen-bond donors (Lipinski definition) is 1. The number of benzene rings is 3. The third-order valence-electron chi connectivity index (χ3n) is 5.11. The summed E-state index contributed by atoms with van der Waals surface area (Å²) in [6.45, 7) is 9.18. The summed E-state index contributed by atoms with van der Waals surface area (Å²) in [5, 5.41) is 3.04. The predicted molar refractivity (Wildman–Crippen MR) is 131 cm³/mol. The molecule has 166 valence electrons. The van der Waals surface area contributed by atoms with Gasteiger partial charge in [0.15, 0.2) is 11.5 Å². The smallest absolute Gasteiger partial charge is 0.248 e. The molecular weight excluding hydrogens is 398 g/mol. The fourth-order valence-corrected chi connectivity index (χ4v) is 3.43. The zero-order valence-electron chi connectivity index (χ0n) is 19.2. The molecule has 3 rings (SSSR count). The Labute approximate surface area is 190 Å². The molecule has 0 saturated carbocycles. The lowest BCUT2D eigenvalue weighted by Gasteiger charge is -2.15. The highest BCUT2D eigenvalue weighted by Crippen LogP contribution is 2.30. The molecule has 32 heavy (non-hydrogen) atoms. The first-order valence-corrected chi connectivity index (χ1v) is 11.0. The minimum absolute atomic E-state index is 0.163. The van der Waals surface area contributed by atoms with Crippen LogP contribution in [0.4, 0.5) is 5.69 Å². The SMILES string of the molecule is CCOc1cc(C=CC(=O)Nc2c(C)cccc2C(C)C)ccc1OCc1ccccc1. The van der Waals surface area contributed by atoms with Crippen molar-refractivity contribution in [1.29, 1.82) is 0 Å². The van der Waals surface area contributed by atoms with Gasteiger partial charge in [0.05, 0.1) is 6.61 Å². The molecule has 0 bridgehead atoms. The van der Waals surface area contributed by atoms with E-state index in [2.05, 4.69) is 25.2 Å². The molecule has 1 amide bonds. The number of aryl methyl sites for hydroxylation is 1. The van der Waals surface area contributed by atoms with Gasteiger partial charge in [-0.05, 0) is 60.2 Å². The zero-order valence-corrected chi connectivity index (χ0v) is 19.2. The number of ether oxygens (including phenoxy) is 2. The molecule has 0 aliphatic carbocycles. The molecule has 3 aromatic rings. The monoisotopic (exact) mass is 429 g/mol. The Morgan fingerprint density at radius 1 is 0.969 bits per heavy atom. The van der Waals surface area contributed by atoms with Gasteiger partial charge in [0, 0.05) is 11.8 Å². The molecule has 0 saturated heterocycles. The molecule has 1 N–H and O–H groups in total. The number of hydrogen-bond acceptors (Lipinski definition) is 3. The third-order valence-corrected chi connectivity index (χ3v) is 5.11. The van der Waals surface area contributed by atoms with Crippen LogP contribution in [0.1, 0.15) is 48.9 Å². The second kappa shape index (κ2) is 11.2. The summed E-state index contributed by atoms with van der Waals surface area (Å²) in [5.74, 6) is 1.50. The van der Waals surface area contributed by atoms with Gasteiger partial charge in [0.2, 0.25) is 5.91 Å². The van der Waals surface area contributed by atoms with Crippen LogP contribution in [0.2, 0.25) is 0 Å². The highest BCUT2D eigenvalue weighted by Gasteiger charge is 2.11. The van der Waals surface area contributed by atoms with Crippen molar-refractivity contribution in [2.45, 2.75) is 40.2 Å². The van der Waals surface area contributed by atoms with Gasteiger partial charge in [-0.3, -0.25) is 4.79 Å². The van der Waals surface area contributed by atoms with E-state index in [1.165, 1.54) is 0 Å². The fourth-order valence-electron chi connectivity index (χ4n) is 3.43. The largest absolute Gasteiger partial charge is 0.490 e. The topological polar surface area (TPSA) is 47.6 Å². The number of carbonyl (C=O) groups is 1. The highest BCUT2D eigenvalue weighted by molar-refractivity contribution is 6.02. The maximum Gasteiger partial charge on any atom is 0.248 e. The number of anilines is 1. The molecule has 0 atom stereocenters. The van der Waals surface area contributed by atoms with Crippen LogP contribution >= 0.6 is 0 Å². The van der Waals surface area contributed by atoms with E-state index in [1.54, 1.807) is 12.2 Å². The molecule has 0 heterocycles. The lowest BCUT2D eigenvalue weighted by atomic mass is 9.98. The lowest BCUT2D eigenvalue weighted by Crippen LogP contribution is -2.11. The Hall–Kier alpha value is -3.53. The molecule has 0 aliphatic rings. The second-order valence-corrected chi connectivity index (χ2v) is 7.93. The number of rotatable bonds is 9. The van der Waals surface area contributed by atoms with Gasteiger partial charge in [-0.2, -0.15) is 0 Å². The van der Waals surface area contributed by atoms with Crippen molar-refractivity contribution in [2.24, 2.45) is 0 Å². The minimum Gasteiger partial charge on any atom is -0.490 e. The maximum atomic E-state index is 12.6. The molecule has 3 aromatic carbocycles. The van der Waals surface area contributed by atoms with E-state index < -0.39 is 0 Å². The van der Waals surface area contributed by atoms with Crippen LogP contribution in [0.5, 0.6) is 11.5 Å². The molecule has 0 spiro atoms. The van der Waals surface area contributed by atoms with Crippen LogP contribution in [-0.4, -0.2) is 12.5 Å². The third kappa shape index (κ3) is 6.24. The quantitative estimate of drug-likeness (QED) is 0.383. The average molecular weight is 430 g/mol. The van der Waals surface area contributed by atoms with E-state index in [4.69, 9.17) is 9.47 Å². The first-order chi connectivity index (χ1) is 15.5. The molecular formula is C28H31NO3. The summed E-state index contributed by atoms with van der Waals surface area (Å²) in [5.41, 5.74) is 5.02. The Bertz CT molecular complexity index is 1070. The van der Waals surface area contributed by atoms with Gasteiger partial charge in [-0.15, -0.1) is 0 Å². The van der Waals surface area contributed by atoms with Crippen LogP contribution in [0, 0.1) is 6.92 Å². The van der Waals surface area contributed by atoms with Crippen molar-refractivity contribution in [3.63, 3.8) is 0 Å². The van der Waals surface area contributed by atoms with Gasteiger partial charge in [-0.1, -0.05) is 68.4 Å². The fraction of sp³-hybridized carbons (Fsp3) is 0.250. The summed E-state index contributed by atoms with van der Waals surface area (Å²) in [6, 6.07) is 21.8. The van der Waals surface area contributed by atoms with Gasteiger partial charge < -0.3 is 14.8 Å². The van der Waals surface area contributed by atoms with Gasteiger partial charge in [-0.25, -0.2) is 0 Å². The van der Waals surface area contributed by atoms with Crippen molar-refractivity contribution < 1.29 is 14.3 Å². The lowest BCUT2D eigenvalue weighted by molar-refractivity contribution is -0.111. The van der Waals surface area contributed by atoms with Gasteiger partial charge in [0.1, 0.15) is 6.61 Å². The molecule has 0 aliphatic heterocycles. The van der Waals surface area contributed by atoms with Gasteiger partial charge in [0.25, 0.3) is 0 Å². The predicted octanol–water partition coefficient (Wildman–Crippen LogP) is 6.75. The first-order valence-electron chi connectivity index (χ1n) is 11.0. The molecule has 4 heteroatoms. The normalized spacial score (nSPS) is 11.0. The molecule has 0 unspecified atom stereocenters. The minimum atomic E-state index is -0.163. The number of amides is 1. The van der Waals surface area contributed by atoms with Crippen molar-refractivity contribution in [1.82, 2.24) is 0 Å². The zero-order chi connectivity index (χ0) is 22.9. The van der Waals surface area contributed by atoms with Crippen LogP contribution < -0.4 is 14.8 Å². The van der Waals surface area contributed by atoms with Crippen molar-refractivity contribution >= 4 is 17.7 Å². The summed E-state index contributed by atoms with van der Waals surface area (Å²) in [7, 11) is 0. The van der Waals surface area contributed by atoms with Crippen molar-refractivity contribution in [3.8, 4) is 11.5 Å². The number of carbonyl (C=O) groups excluding carboxylic acids is 1. The van der Waals surface area contributed by atoms with E-state index in [1.807, 2.05) is 74.5 Å². The van der Waals surface area contributed by atoms with Crippen molar-refractivity contribution in [3.05, 3.63) is 95.1 Å².